The average molecular weight is 427 g/mol. The lowest BCUT2D eigenvalue weighted by molar-refractivity contribution is -0.132. The largest absolute Gasteiger partial charge is 0.493 e. The molecule has 0 saturated heterocycles. The van der Waals surface area contributed by atoms with Crippen LogP contribution in [0.25, 0.3) is 0 Å². The van der Waals surface area contributed by atoms with Gasteiger partial charge in [-0.2, -0.15) is 0 Å². The summed E-state index contributed by atoms with van der Waals surface area (Å²) >= 11 is 0. The lowest BCUT2D eigenvalue weighted by atomic mass is 9.98. The number of benzene rings is 1. The number of rotatable bonds is 5. The molecule has 2 aromatic carbocycles. The Morgan fingerprint density at radius 2 is 1.65 bits per heavy atom. The number of ether oxygens (including phenoxy) is 4. The first kappa shape index (κ1) is 22.1. The lowest BCUT2D eigenvalue weighted by Gasteiger charge is -2.20. The fraction of sp³-hybridized carbons (Fsp3) is 0.348. The molecule has 0 saturated carbocycles. The number of nitrogens with one attached hydrogen (secondary N) is 1. The van der Waals surface area contributed by atoms with Gasteiger partial charge in [-0.25, -0.2) is 0 Å². The van der Waals surface area contributed by atoms with E-state index < -0.39 is 12.0 Å². The standard InChI is InChI=1S/C23H25NO7/c1-12(25)24-18-9-15-10-21(29-4)23(30-5)22(31-13(2)26)17(15)8-14-6-7-20(28-3)19(27)11-16(14)18/h6-7,10-11,18H,8-9H2,1-5H3,(H,24,25). The number of fused-ring (bicyclic) bond motifs is 2. The van der Waals surface area contributed by atoms with Gasteiger partial charge >= 0.3 is 5.97 Å². The fourth-order valence-corrected chi connectivity index (χ4v) is 3.89. The Hall–Kier alpha value is -3.55. The van der Waals surface area contributed by atoms with E-state index in [-0.39, 0.29) is 22.8 Å². The highest BCUT2D eigenvalue weighted by molar-refractivity contribution is 5.75. The monoisotopic (exact) mass is 427 g/mol. The van der Waals surface area contributed by atoms with E-state index in [0.29, 0.717) is 29.9 Å². The van der Waals surface area contributed by atoms with Crippen LogP contribution in [-0.2, 0) is 22.4 Å². The zero-order valence-corrected chi connectivity index (χ0v) is 18.2. The molecule has 8 heteroatoms. The molecule has 1 aliphatic rings. The molecular weight excluding hydrogens is 402 g/mol. The highest BCUT2D eigenvalue weighted by atomic mass is 16.6. The molecule has 1 aliphatic carbocycles. The number of hydrogen-bond donors (Lipinski definition) is 1. The highest BCUT2D eigenvalue weighted by Crippen LogP contribution is 2.45. The second-order valence-corrected chi connectivity index (χ2v) is 7.20. The van der Waals surface area contributed by atoms with Crippen molar-refractivity contribution in [2.45, 2.75) is 32.7 Å². The number of amides is 1. The second-order valence-electron chi connectivity index (χ2n) is 7.20. The van der Waals surface area contributed by atoms with Crippen molar-refractivity contribution in [1.82, 2.24) is 5.32 Å². The van der Waals surface area contributed by atoms with Gasteiger partial charge in [0.1, 0.15) is 0 Å². The summed E-state index contributed by atoms with van der Waals surface area (Å²) in [7, 11) is 4.39. The maximum absolute atomic E-state index is 12.6. The number of hydrogen-bond acceptors (Lipinski definition) is 7. The maximum Gasteiger partial charge on any atom is 0.308 e. The lowest BCUT2D eigenvalue weighted by Crippen LogP contribution is -2.28. The van der Waals surface area contributed by atoms with E-state index in [2.05, 4.69) is 5.32 Å². The predicted octanol–water partition coefficient (Wildman–Crippen LogP) is 2.32. The first-order valence-corrected chi connectivity index (χ1v) is 9.72. The van der Waals surface area contributed by atoms with Gasteiger partial charge in [0.2, 0.25) is 17.1 Å². The van der Waals surface area contributed by atoms with Crippen LogP contribution in [0.2, 0.25) is 0 Å². The molecule has 1 amide bonds. The van der Waals surface area contributed by atoms with Gasteiger partial charge in [-0.15, -0.1) is 0 Å². The first-order chi connectivity index (χ1) is 14.8. The van der Waals surface area contributed by atoms with Crippen molar-refractivity contribution in [1.29, 1.82) is 0 Å². The van der Waals surface area contributed by atoms with Crippen LogP contribution >= 0.6 is 0 Å². The van der Waals surface area contributed by atoms with E-state index in [1.165, 1.54) is 41.2 Å². The van der Waals surface area contributed by atoms with Crippen LogP contribution in [0.1, 0.15) is 42.1 Å². The van der Waals surface area contributed by atoms with E-state index in [4.69, 9.17) is 18.9 Å². The molecule has 1 unspecified atom stereocenters. The Kier molecular flexibility index (Phi) is 6.48. The number of esters is 1. The number of carbonyl (C=O) groups is 2. The number of carbonyl (C=O) groups excluding carboxylic acids is 2. The summed E-state index contributed by atoms with van der Waals surface area (Å²) in [4.78, 5) is 36.4. The Balaban J connectivity index is 2.32. The van der Waals surface area contributed by atoms with E-state index in [1.54, 1.807) is 18.2 Å². The van der Waals surface area contributed by atoms with E-state index in [9.17, 15) is 14.4 Å². The zero-order valence-electron chi connectivity index (χ0n) is 18.2. The molecule has 1 N–H and O–H groups in total. The Morgan fingerprint density at radius 3 is 2.23 bits per heavy atom. The van der Waals surface area contributed by atoms with Crippen molar-refractivity contribution in [3.8, 4) is 23.0 Å². The van der Waals surface area contributed by atoms with Gasteiger partial charge in [0, 0.05) is 25.8 Å². The van der Waals surface area contributed by atoms with Gasteiger partial charge in [0.05, 0.1) is 27.4 Å². The second kappa shape index (κ2) is 9.07. The summed E-state index contributed by atoms with van der Waals surface area (Å²) < 4.78 is 21.7. The Labute approximate surface area is 180 Å². The fourth-order valence-electron chi connectivity index (χ4n) is 3.89. The summed E-state index contributed by atoms with van der Waals surface area (Å²) in [5.41, 5.74) is 2.70. The molecule has 0 aromatic heterocycles. The van der Waals surface area contributed by atoms with Crippen LogP contribution in [0.15, 0.2) is 29.1 Å². The summed E-state index contributed by atoms with van der Waals surface area (Å²) in [6.45, 7) is 2.73. The van der Waals surface area contributed by atoms with Gasteiger partial charge in [0.15, 0.2) is 17.2 Å². The van der Waals surface area contributed by atoms with Crippen LogP contribution in [0.3, 0.4) is 0 Å². The van der Waals surface area contributed by atoms with Crippen LogP contribution < -0.4 is 29.7 Å². The van der Waals surface area contributed by atoms with E-state index in [1.807, 2.05) is 0 Å². The first-order valence-electron chi connectivity index (χ1n) is 9.72. The van der Waals surface area contributed by atoms with Gasteiger partial charge in [-0.05, 0) is 41.3 Å². The molecule has 0 aliphatic heterocycles. The summed E-state index contributed by atoms with van der Waals surface area (Å²) in [5, 5.41) is 2.93. The van der Waals surface area contributed by atoms with E-state index in [0.717, 1.165) is 16.7 Å². The molecule has 31 heavy (non-hydrogen) atoms. The third kappa shape index (κ3) is 4.47. The molecule has 1 atom stereocenters. The molecule has 3 rings (SSSR count). The van der Waals surface area contributed by atoms with Gasteiger partial charge < -0.3 is 24.3 Å². The third-order valence-electron chi connectivity index (χ3n) is 5.17. The Bertz CT molecular complexity index is 1090. The average Bonchev–Trinajstić information content (AvgIpc) is 2.95. The van der Waals surface area contributed by atoms with Crippen molar-refractivity contribution < 1.29 is 28.5 Å². The summed E-state index contributed by atoms with van der Waals surface area (Å²) in [5.74, 6) is 0.437. The van der Waals surface area contributed by atoms with Crippen molar-refractivity contribution in [2.24, 2.45) is 0 Å². The molecule has 164 valence electrons. The normalized spacial score (nSPS) is 14.4. The third-order valence-corrected chi connectivity index (χ3v) is 5.17. The quantitative estimate of drug-likeness (QED) is 0.577. The van der Waals surface area contributed by atoms with Gasteiger partial charge in [0.25, 0.3) is 0 Å². The minimum absolute atomic E-state index is 0.197. The predicted molar refractivity (Wildman–Crippen MR) is 113 cm³/mol. The number of methoxy groups -OCH3 is 3. The highest BCUT2D eigenvalue weighted by Gasteiger charge is 2.29. The minimum atomic E-state index is -0.501. The summed E-state index contributed by atoms with van der Waals surface area (Å²) in [6.07, 6.45) is 0.712. The smallest absolute Gasteiger partial charge is 0.308 e. The molecule has 0 fully saturated rings. The Morgan fingerprint density at radius 1 is 0.935 bits per heavy atom. The molecule has 0 radical (unpaired) electrons. The zero-order chi connectivity index (χ0) is 22.7. The SMILES string of the molecule is COc1cc2c(c(OC(C)=O)c1OC)Cc1ccc(OC)c(=O)cc1C(NC(C)=O)C2. The van der Waals surface area contributed by atoms with Crippen LogP contribution in [0.5, 0.6) is 23.0 Å². The van der Waals surface area contributed by atoms with Crippen LogP contribution in [0.4, 0.5) is 0 Å². The van der Waals surface area contributed by atoms with Crippen LogP contribution in [0, 0.1) is 0 Å². The minimum Gasteiger partial charge on any atom is -0.493 e. The molecule has 0 bridgehead atoms. The molecule has 2 aromatic rings. The van der Waals surface area contributed by atoms with Crippen molar-refractivity contribution in [2.75, 3.05) is 21.3 Å². The van der Waals surface area contributed by atoms with Crippen molar-refractivity contribution in [3.05, 3.63) is 56.7 Å². The molecule has 8 nitrogen and oxygen atoms in total. The maximum atomic E-state index is 12.6. The van der Waals surface area contributed by atoms with E-state index >= 15 is 0 Å². The van der Waals surface area contributed by atoms with Crippen molar-refractivity contribution in [3.63, 3.8) is 0 Å². The summed E-state index contributed by atoms with van der Waals surface area (Å²) in [6, 6.07) is 6.21. The topological polar surface area (TPSA) is 100 Å². The molecular formula is C23H25NO7. The van der Waals surface area contributed by atoms with Crippen LogP contribution in [-0.4, -0.2) is 33.2 Å². The molecule has 0 spiro atoms. The van der Waals surface area contributed by atoms with Crippen molar-refractivity contribution >= 4 is 11.9 Å². The molecule has 0 heterocycles. The van der Waals surface area contributed by atoms with Gasteiger partial charge in [-0.3, -0.25) is 14.4 Å². The van der Waals surface area contributed by atoms with Gasteiger partial charge in [-0.1, -0.05) is 6.07 Å².